The number of aromatic nitrogens is 1. The number of ether oxygens (including phenoxy) is 1. The van der Waals surface area contributed by atoms with Crippen LogP contribution in [0.5, 0.6) is 0 Å². The molecule has 0 radical (unpaired) electrons. The Morgan fingerprint density at radius 3 is 2.83 bits per heavy atom. The summed E-state index contributed by atoms with van der Waals surface area (Å²) in [5.41, 5.74) is -0.00337. The van der Waals surface area contributed by atoms with Gasteiger partial charge in [0.25, 0.3) is 0 Å². The van der Waals surface area contributed by atoms with Gasteiger partial charge in [-0.25, -0.2) is 0 Å². The number of pyridine rings is 1. The first-order chi connectivity index (χ1) is 11.1. The lowest BCUT2D eigenvalue weighted by atomic mass is 9.83. The molecule has 2 atom stereocenters. The number of hydrogen-bond acceptors (Lipinski definition) is 4. The number of hydrogen-bond donors (Lipinski definition) is 1. The zero-order chi connectivity index (χ0) is 16.3. The first kappa shape index (κ1) is 16.4. The molecule has 0 unspecified atom stereocenters. The van der Waals surface area contributed by atoms with E-state index in [1.54, 1.807) is 19.5 Å². The highest BCUT2D eigenvalue weighted by molar-refractivity contribution is 5.79. The van der Waals surface area contributed by atoms with Crippen molar-refractivity contribution in [2.75, 3.05) is 20.2 Å². The van der Waals surface area contributed by atoms with E-state index in [1.807, 2.05) is 17.0 Å². The highest BCUT2D eigenvalue weighted by Gasteiger charge is 2.38. The van der Waals surface area contributed by atoms with Crippen molar-refractivity contribution in [1.29, 1.82) is 0 Å². The summed E-state index contributed by atoms with van der Waals surface area (Å²) in [6.07, 6.45) is 8.71. The van der Waals surface area contributed by atoms with Crippen molar-refractivity contribution in [2.45, 2.75) is 50.2 Å². The van der Waals surface area contributed by atoms with Gasteiger partial charge in [-0.05, 0) is 38.2 Å². The standard InChI is InChI=1S/C18H26N2O3/c1-23-16-6-2-4-14(12-16)17(21)20-10-7-18(22,8-11-20)15-5-3-9-19-13-15/h3,5,9,13-14,16,22H,2,4,6-8,10-12H2,1H3/t14-,16+/m1/s1. The van der Waals surface area contributed by atoms with Gasteiger partial charge in [-0.3, -0.25) is 9.78 Å². The van der Waals surface area contributed by atoms with E-state index in [0.29, 0.717) is 25.9 Å². The fraction of sp³-hybridized carbons (Fsp3) is 0.667. The van der Waals surface area contributed by atoms with Gasteiger partial charge in [0.2, 0.25) is 5.91 Å². The molecule has 0 bridgehead atoms. The smallest absolute Gasteiger partial charge is 0.225 e. The van der Waals surface area contributed by atoms with Crippen LogP contribution >= 0.6 is 0 Å². The van der Waals surface area contributed by atoms with E-state index in [0.717, 1.165) is 31.2 Å². The third kappa shape index (κ3) is 3.56. The predicted molar refractivity (Wildman–Crippen MR) is 86.7 cm³/mol. The van der Waals surface area contributed by atoms with Crippen molar-refractivity contribution in [1.82, 2.24) is 9.88 Å². The molecule has 1 aliphatic carbocycles. The van der Waals surface area contributed by atoms with Crippen molar-refractivity contribution in [3.8, 4) is 0 Å². The van der Waals surface area contributed by atoms with Gasteiger partial charge >= 0.3 is 0 Å². The molecule has 1 aliphatic heterocycles. The molecule has 1 amide bonds. The van der Waals surface area contributed by atoms with E-state index in [4.69, 9.17) is 4.74 Å². The van der Waals surface area contributed by atoms with Gasteiger partial charge in [-0.2, -0.15) is 0 Å². The van der Waals surface area contributed by atoms with Gasteiger partial charge in [-0.15, -0.1) is 0 Å². The number of methoxy groups -OCH3 is 1. The summed E-state index contributed by atoms with van der Waals surface area (Å²) in [7, 11) is 1.73. The second-order valence-corrected chi connectivity index (χ2v) is 6.82. The lowest BCUT2D eigenvalue weighted by Crippen LogP contribution is -2.48. The number of likely N-dealkylation sites (tertiary alicyclic amines) is 1. The summed E-state index contributed by atoms with van der Waals surface area (Å²) >= 11 is 0. The molecule has 1 aromatic rings. The van der Waals surface area contributed by atoms with Gasteiger partial charge in [0.05, 0.1) is 11.7 Å². The van der Waals surface area contributed by atoms with Crippen molar-refractivity contribution < 1.29 is 14.6 Å². The number of rotatable bonds is 3. The van der Waals surface area contributed by atoms with Crippen LogP contribution in [-0.4, -0.2) is 47.2 Å². The van der Waals surface area contributed by atoms with E-state index in [2.05, 4.69) is 4.98 Å². The number of amides is 1. The fourth-order valence-electron chi connectivity index (χ4n) is 3.87. The van der Waals surface area contributed by atoms with Crippen LogP contribution in [0.25, 0.3) is 0 Å². The summed E-state index contributed by atoms with van der Waals surface area (Å²) in [5, 5.41) is 10.8. The third-order valence-electron chi connectivity index (χ3n) is 5.41. The molecule has 0 spiro atoms. The van der Waals surface area contributed by atoms with Gasteiger partial charge in [0.15, 0.2) is 0 Å². The van der Waals surface area contributed by atoms with E-state index in [-0.39, 0.29) is 17.9 Å². The van der Waals surface area contributed by atoms with Crippen LogP contribution in [-0.2, 0) is 15.1 Å². The van der Waals surface area contributed by atoms with E-state index in [9.17, 15) is 9.90 Å². The number of carbonyl (C=O) groups is 1. The van der Waals surface area contributed by atoms with Crippen LogP contribution in [0.1, 0.15) is 44.1 Å². The number of aliphatic hydroxyl groups is 1. The Balaban J connectivity index is 1.59. The first-order valence-corrected chi connectivity index (χ1v) is 8.57. The van der Waals surface area contributed by atoms with Crippen LogP contribution in [0.3, 0.4) is 0 Å². The molecule has 5 heteroatoms. The Hall–Kier alpha value is -1.46. The second kappa shape index (κ2) is 6.97. The van der Waals surface area contributed by atoms with E-state index >= 15 is 0 Å². The minimum absolute atomic E-state index is 0.0817. The Morgan fingerprint density at radius 1 is 1.39 bits per heavy atom. The van der Waals surface area contributed by atoms with Gasteiger partial charge in [0.1, 0.15) is 0 Å². The summed E-state index contributed by atoms with van der Waals surface area (Å²) in [6, 6.07) is 3.76. The van der Waals surface area contributed by atoms with Crippen LogP contribution < -0.4 is 0 Å². The van der Waals surface area contributed by atoms with Gasteiger partial charge in [-0.1, -0.05) is 12.5 Å². The summed E-state index contributed by atoms with van der Waals surface area (Å²) in [6.45, 7) is 1.22. The molecule has 3 rings (SSSR count). The van der Waals surface area contributed by atoms with Crippen LogP contribution in [0, 0.1) is 5.92 Å². The maximum atomic E-state index is 12.7. The zero-order valence-electron chi connectivity index (χ0n) is 13.8. The largest absolute Gasteiger partial charge is 0.385 e. The molecule has 1 saturated carbocycles. The zero-order valence-corrected chi connectivity index (χ0v) is 13.8. The molecule has 1 saturated heterocycles. The quantitative estimate of drug-likeness (QED) is 0.927. The number of carbonyl (C=O) groups excluding carboxylic acids is 1. The predicted octanol–water partition coefficient (Wildman–Crippen LogP) is 2.10. The van der Waals surface area contributed by atoms with Crippen molar-refractivity contribution in [3.05, 3.63) is 30.1 Å². The molecule has 5 nitrogen and oxygen atoms in total. The topological polar surface area (TPSA) is 62.7 Å². The normalized spacial score (nSPS) is 27.7. The number of nitrogens with zero attached hydrogens (tertiary/aromatic N) is 2. The third-order valence-corrected chi connectivity index (χ3v) is 5.41. The molecular formula is C18H26N2O3. The molecule has 23 heavy (non-hydrogen) atoms. The maximum Gasteiger partial charge on any atom is 0.225 e. The number of piperidine rings is 1. The summed E-state index contributed by atoms with van der Waals surface area (Å²) in [4.78, 5) is 18.8. The average molecular weight is 318 g/mol. The minimum Gasteiger partial charge on any atom is -0.385 e. The Morgan fingerprint density at radius 2 is 2.17 bits per heavy atom. The molecule has 2 aliphatic rings. The molecule has 2 heterocycles. The Labute approximate surface area is 137 Å². The summed E-state index contributed by atoms with van der Waals surface area (Å²) < 4.78 is 5.43. The molecule has 2 fully saturated rings. The van der Waals surface area contributed by atoms with E-state index < -0.39 is 5.60 Å². The SMILES string of the molecule is CO[C@H]1CCC[C@@H](C(=O)N2CCC(O)(c3cccnc3)CC2)C1. The lowest BCUT2D eigenvalue weighted by molar-refractivity contribution is -0.142. The van der Waals surface area contributed by atoms with Crippen molar-refractivity contribution in [3.63, 3.8) is 0 Å². The molecular weight excluding hydrogens is 292 g/mol. The maximum absolute atomic E-state index is 12.7. The second-order valence-electron chi connectivity index (χ2n) is 6.82. The Bertz CT molecular complexity index is 526. The van der Waals surface area contributed by atoms with Crippen LogP contribution in [0.4, 0.5) is 0 Å². The highest BCUT2D eigenvalue weighted by atomic mass is 16.5. The fourth-order valence-corrected chi connectivity index (χ4v) is 3.87. The monoisotopic (exact) mass is 318 g/mol. The highest BCUT2D eigenvalue weighted by Crippen LogP contribution is 2.34. The molecule has 126 valence electrons. The molecule has 0 aromatic carbocycles. The average Bonchev–Trinajstić information content (AvgIpc) is 2.62. The van der Waals surface area contributed by atoms with Crippen LogP contribution in [0.15, 0.2) is 24.5 Å². The van der Waals surface area contributed by atoms with Crippen molar-refractivity contribution in [2.24, 2.45) is 5.92 Å². The van der Waals surface area contributed by atoms with Gasteiger partial charge < -0.3 is 14.7 Å². The molecule has 1 aromatic heterocycles. The van der Waals surface area contributed by atoms with Crippen LogP contribution in [0.2, 0.25) is 0 Å². The summed E-state index contributed by atoms with van der Waals surface area (Å²) in [5.74, 6) is 0.318. The Kier molecular flexibility index (Phi) is 4.97. The first-order valence-electron chi connectivity index (χ1n) is 8.57. The van der Waals surface area contributed by atoms with Gasteiger partial charge in [0, 0.05) is 44.1 Å². The van der Waals surface area contributed by atoms with Crippen molar-refractivity contribution >= 4 is 5.91 Å². The lowest BCUT2D eigenvalue weighted by Gasteiger charge is -2.40. The molecule has 1 N–H and O–H groups in total. The minimum atomic E-state index is -0.854. The van der Waals surface area contributed by atoms with E-state index in [1.165, 1.54) is 0 Å².